The minimum Gasteiger partial charge on any atom is -0.359 e. The van der Waals surface area contributed by atoms with E-state index in [0.29, 0.717) is 11.7 Å². The summed E-state index contributed by atoms with van der Waals surface area (Å²) >= 11 is 0. The molecule has 0 unspecified atom stereocenters. The average molecular weight is 341 g/mol. The van der Waals surface area contributed by atoms with Crippen molar-refractivity contribution in [1.82, 2.24) is 10.1 Å². The number of amides is 2. The number of rotatable bonds is 3. The zero-order valence-electron chi connectivity index (χ0n) is 15.6. The number of hydrogen-bond acceptors (Lipinski definition) is 3. The minimum atomic E-state index is -0.0552. The molecule has 2 heterocycles. The van der Waals surface area contributed by atoms with Crippen LogP contribution in [0.15, 0.2) is 22.7 Å². The molecule has 0 saturated carbocycles. The van der Waals surface area contributed by atoms with E-state index in [0.717, 1.165) is 43.7 Å². The molecule has 2 amide bonds. The van der Waals surface area contributed by atoms with Gasteiger partial charge in [-0.2, -0.15) is 0 Å². The van der Waals surface area contributed by atoms with E-state index in [-0.39, 0.29) is 6.03 Å². The Hall–Kier alpha value is -2.30. The van der Waals surface area contributed by atoms with Crippen LogP contribution in [-0.2, 0) is 6.42 Å². The van der Waals surface area contributed by atoms with Gasteiger partial charge < -0.3 is 14.7 Å². The van der Waals surface area contributed by atoms with Crippen molar-refractivity contribution in [2.75, 3.05) is 18.4 Å². The molecule has 5 heteroatoms. The summed E-state index contributed by atoms with van der Waals surface area (Å²) in [7, 11) is 0. The van der Waals surface area contributed by atoms with Gasteiger partial charge >= 0.3 is 6.03 Å². The third kappa shape index (κ3) is 3.70. The molecule has 5 nitrogen and oxygen atoms in total. The summed E-state index contributed by atoms with van der Waals surface area (Å²) < 4.78 is 5.19. The van der Waals surface area contributed by atoms with E-state index in [1.165, 1.54) is 16.7 Å². The molecule has 1 aromatic carbocycles. The van der Waals surface area contributed by atoms with Gasteiger partial charge in [0.15, 0.2) is 5.76 Å². The van der Waals surface area contributed by atoms with Crippen molar-refractivity contribution in [1.29, 1.82) is 0 Å². The molecule has 0 atom stereocenters. The summed E-state index contributed by atoms with van der Waals surface area (Å²) in [6, 6.07) is 6.60. The summed E-state index contributed by atoms with van der Waals surface area (Å²) in [5.41, 5.74) is 5.61. The van der Waals surface area contributed by atoms with Crippen LogP contribution >= 0.6 is 0 Å². The van der Waals surface area contributed by atoms with Gasteiger partial charge in [-0.1, -0.05) is 35.8 Å². The zero-order valence-corrected chi connectivity index (χ0v) is 15.6. The van der Waals surface area contributed by atoms with Gasteiger partial charge in [-0.15, -0.1) is 0 Å². The van der Waals surface area contributed by atoms with Crippen LogP contribution in [0.25, 0.3) is 0 Å². The van der Waals surface area contributed by atoms with Gasteiger partial charge in [-0.3, -0.25) is 0 Å². The SMILES string of the molecule is CCc1noc(C)c1NC(=O)N1CCC(c2cc(C)ccc2C)CC1. The number of urea groups is 1. The molecule has 0 spiro atoms. The third-order valence-electron chi connectivity index (χ3n) is 5.16. The highest BCUT2D eigenvalue weighted by Gasteiger charge is 2.26. The molecule has 134 valence electrons. The molecule has 2 aromatic rings. The first kappa shape index (κ1) is 17.5. The van der Waals surface area contributed by atoms with Gasteiger partial charge in [-0.25, -0.2) is 4.79 Å². The first-order chi connectivity index (χ1) is 12.0. The Morgan fingerprint density at radius 1 is 1.28 bits per heavy atom. The zero-order chi connectivity index (χ0) is 18.0. The number of piperidine rings is 1. The minimum absolute atomic E-state index is 0.0552. The summed E-state index contributed by atoms with van der Waals surface area (Å²) in [6.45, 7) is 9.69. The number of likely N-dealkylation sites (tertiary alicyclic amines) is 1. The first-order valence-electron chi connectivity index (χ1n) is 9.07. The lowest BCUT2D eigenvalue weighted by Gasteiger charge is -2.33. The number of hydrogen-bond donors (Lipinski definition) is 1. The molecule has 1 saturated heterocycles. The summed E-state index contributed by atoms with van der Waals surface area (Å²) in [5.74, 6) is 1.20. The Kier molecular flexibility index (Phi) is 5.11. The van der Waals surface area contributed by atoms with Gasteiger partial charge in [0.05, 0.1) is 0 Å². The van der Waals surface area contributed by atoms with E-state index >= 15 is 0 Å². The predicted molar refractivity (Wildman–Crippen MR) is 99.1 cm³/mol. The summed E-state index contributed by atoms with van der Waals surface area (Å²) in [4.78, 5) is 14.5. The molecule has 0 radical (unpaired) electrons. The Labute approximate surface area is 149 Å². The molecule has 25 heavy (non-hydrogen) atoms. The average Bonchev–Trinajstić information content (AvgIpc) is 2.97. The van der Waals surface area contributed by atoms with Crippen molar-refractivity contribution in [3.8, 4) is 0 Å². The molecule has 1 aromatic heterocycles. The van der Waals surface area contributed by atoms with Crippen LogP contribution in [0.1, 0.15) is 53.8 Å². The standard InChI is InChI=1S/C20H27N3O2/c1-5-18-19(15(4)25-22-18)21-20(24)23-10-8-16(9-11-23)17-12-13(2)6-7-14(17)3/h6-7,12,16H,5,8-11H2,1-4H3,(H,21,24). The first-order valence-corrected chi connectivity index (χ1v) is 9.07. The van der Waals surface area contributed by atoms with Gasteiger partial charge in [0.1, 0.15) is 11.4 Å². The lowest BCUT2D eigenvalue weighted by molar-refractivity contribution is 0.194. The van der Waals surface area contributed by atoms with E-state index in [1.807, 2.05) is 18.7 Å². The second-order valence-electron chi connectivity index (χ2n) is 6.97. The quantitative estimate of drug-likeness (QED) is 0.889. The molecule has 1 aliphatic rings. The number of aromatic nitrogens is 1. The Bertz CT molecular complexity index is 758. The van der Waals surface area contributed by atoms with E-state index < -0.39 is 0 Å². The van der Waals surface area contributed by atoms with Crippen molar-refractivity contribution in [3.05, 3.63) is 46.3 Å². The molecule has 1 fully saturated rings. The topological polar surface area (TPSA) is 58.4 Å². The number of aryl methyl sites for hydroxylation is 4. The second-order valence-corrected chi connectivity index (χ2v) is 6.97. The van der Waals surface area contributed by atoms with Gasteiger partial charge in [-0.05, 0) is 57.1 Å². The summed E-state index contributed by atoms with van der Waals surface area (Å²) in [6.07, 6.45) is 2.74. The van der Waals surface area contributed by atoms with Crippen LogP contribution in [0.2, 0.25) is 0 Å². The third-order valence-corrected chi connectivity index (χ3v) is 5.16. The summed E-state index contributed by atoms with van der Waals surface area (Å²) in [5, 5.41) is 6.98. The number of carbonyl (C=O) groups is 1. The molecule has 3 rings (SSSR count). The van der Waals surface area contributed by atoms with Crippen LogP contribution in [0.4, 0.5) is 10.5 Å². The van der Waals surface area contributed by atoms with Gasteiger partial charge in [0.2, 0.25) is 0 Å². The Morgan fingerprint density at radius 3 is 2.68 bits per heavy atom. The molecule has 0 aliphatic carbocycles. The largest absolute Gasteiger partial charge is 0.359 e. The van der Waals surface area contributed by atoms with E-state index in [9.17, 15) is 4.79 Å². The lowest BCUT2D eigenvalue weighted by atomic mass is 9.86. The van der Waals surface area contributed by atoms with E-state index in [4.69, 9.17) is 4.52 Å². The molecule has 1 N–H and O–H groups in total. The number of carbonyl (C=O) groups excluding carboxylic acids is 1. The van der Waals surface area contributed by atoms with Crippen molar-refractivity contribution in [2.45, 2.75) is 52.9 Å². The molecule has 1 aliphatic heterocycles. The maximum atomic E-state index is 12.6. The second kappa shape index (κ2) is 7.30. The van der Waals surface area contributed by atoms with E-state index in [2.05, 4.69) is 42.5 Å². The fourth-order valence-electron chi connectivity index (χ4n) is 3.60. The maximum Gasteiger partial charge on any atom is 0.321 e. The van der Waals surface area contributed by atoms with Crippen LogP contribution < -0.4 is 5.32 Å². The Morgan fingerprint density at radius 2 is 2.00 bits per heavy atom. The monoisotopic (exact) mass is 341 g/mol. The fourth-order valence-corrected chi connectivity index (χ4v) is 3.60. The van der Waals surface area contributed by atoms with Crippen LogP contribution in [0.5, 0.6) is 0 Å². The fraction of sp³-hybridized carbons (Fsp3) is 0.500. The number of nitrogens with zero attached hydrogens (tertiary/aromatic N) is 2. The van der Waals surface area contributed by atoms with Crippen molar-refractivity contribution in [2.24, 2.45) is 0 Å². The van der Waals surface area contributed by atoms with Crippen LogP contribution in [-0.4, -0.2) is 29.2 Å². The predicted octanol–water partition coefficient (Wildman–Crippen LogP) is 4.57. The van der Waals surface area contributed by atoms with Crippen LogP contribution in [0.3, 0.4) is 0 Å². The highest BCUT2D eigenvalue weighted by Crippen LogP contribution is 2.31. The van der Waals surface area contributed by atoms with Gasteiger partial charge in [0, 0.05) is 13.1 Å². The molecular weight excluding hydrogens is 314 g/mol. The lowest BCUT2D eigenvalue weighted by Crippen LogP contribution is -2.40. The Balaban J connectivity index is 1.63. The highest BCUT2D eigenvalue weighted by atomic mass is 16.5. The number of anilines is 1. The highest BCUT2D eigenvalue weighted by molar-refractivity contribution is 5.90. The van der Waals surface area contributed by atoms with Gasteiger partial charge in [0.25, 0.3) is 0 Å². The van der Waals surface area contributed by atoms with Crippen molar-refractivity contribution in [3.63, 3.8) is 0 Å². The number of nitrogens with one attached hydrogen (secondary N) is 1. The smallest absolute Gasteiger partial charge is 0.321 e. The normalized spacial score (nSPS) is 15.4. The maximum absolute atomic E-state index is 12.6. The van der Waals surface area contributed by atoms with Crippen LogP contribution in [0, 0.1) is 20.8 Å². The molecule has 0 bridgehead atoms. The van der Waals surface area contributed by atoms with Crippen molar-refractivity contribution >= 4 is 11.7 Å². The molecular formula is C20H27N3O2. The number of benzene rings is 1. The van der Waals surface area contributed by atoms with E-state index in [1.54, 1.807) is 0 Å². The van der Waals surface area contributed by atoms with Crippen molar-refractivity contribution < 1.29 is 9.32 Å².